The lowest BCUT2D eigenvalue weighted by molar-refractivity contribution is 0.0938. The molecular weight excluding hydrogens is 438 g/mol. The summed E-state index contributed by atoms with van der Waals surface area (Å²) in [7, 11) is 0. The second kappa shape index (κ2) is 9.25. The second-order valence-corrected chi connectivity index (χ2v) is 10.1. The molecule has 1 heterocycles. The number of carbonyl (C=O) groups excluding carboxylic acids is 2. The van der Waals surface area contributed by atoms with Crippen molar-refractivity contribution in [3.63, 3.8) is 0 Å². The molecule has 0 atom stereocenters. The van der Waals surface area contributed by atoms with Gasteiger partial charge in [0.25, 0.3) is 11.8 Å². The Hall–Kier alpha value is -4.13. The first-order chi connectivity index (χ1) is 16.5. The summed E-state index contributed by atoms with van der Waals surface area (Å²) < 4.78 is 0. The number of fused-ring (bicyclic) bond motifs is 1. The fraction of sp³-hybridized carbons (Fsp3) is 0.250. The number of aromatic nitrogens is 2. The highest BCUT2D eigenvalue weighted by Gasteiger charge is 2.18. The van der Waals surface area contributed by atoms with Gasteiger partial charge in [0.15, 0.2) is 5.95 Å². The first-order valence-electron chi connectivity index (χ1n) is 11.6. The van der Waals surface area contributed by atoms with Gasteiger partial charge in [0.1, 0.15) is 0 Å². The van der Waals surface area contributed by atoms with E-state index in [0.29, 0.717) is 29.3 Å². The molecule has 3 aromatic carbocycles. The summed E-state index contributed by atoms with van der Waals surface area (Å²) in [6.45, 7) is 10.7. The lowest BCUT2D eigenvalue weighted by Crippen LogP contribution is -2.32. The van der Waals surface area contributed by atoms with Crippen molar-refractivity contribution in [1.29, 1.82) is 0 Å². The average molecular weight is 470 g/mol. The molecule has 180 valence electrons. The van der Waals surface area contributed by atoms with E-state index in [1.54, 1.807) is 12.1 Å². The zero-order chi connectivity index (χ0) is 25.3. The number of imidazole rings is 1. The van der Waals surface area contributed by atoms with E-state index in [1.165, 1.54) is 0 Å². The Morgan fingerprint density at radius 2 is 1.69 bits per heavy atom. The standard InChI is InChI=1S/C28H31N5O2/c1-16-6-9-21(20-10-7-18(13-17(20)2)25(34)30-15-28(3,4)5)22(12-16)26(35)31-19-8-11-23-24(14-19)33-27(29)32-23/h6-14H,15H2,1-5H3,(H,30,34)(H,31,35)(H3,29,32,33). The van der Waals surface area contributed by atoms with Crippen molar-refractivity contribution in [1.82, 2.24) is 15.3 Å². The first-order valence-corrected chi connectivity index (χ1v) is 11.6. The number of nitrogens with one attached hydrogen (secondary N) is 3. The minimum absolute atomic E-state index is 0.00331. The van der Waals surface area contributed by atoms with Crippen LogP contribution < -0.4 is 16.4 Å². The van der Waals surface area contributed by atoms with Crippen LogP contribution >= 0.6 is 0 Å². The van der Waals surface area contributed by atoms with E-state index in [2.05, 4.69) is 41.4 Å². The van der Waals surface area contributed by atoms with E-state index in [4.69, 9.17) is 5.73 Å². The third kappa shape index (κ3) is 5.51. The molecule has 0 saturated heterocycles. The molecule has 0 spiro atoms. The minimum atomic E-state index is -0.220. The molecule has 7 heteroatoms. The molecule has 4 rings (SSSR count). The molecule has 4 aromatic rings. The van der Waals surface area contributed by atoms with Gasteiger partial charge in [-0.3, -0.25) is 9.59 Å². The second-order valence-electron chi connectivity index (χ2n) is 10.1. The van der Waals surface area contributed by atoms with Crippen molar-refractivity contribution in [2.75, 3.05) is 17.6 Å². The Labute approximate surface area is 205 Å². The molecule has 0 unspecified atom stereocenters. The Kier molecular flexibility index (Phi) is 6.35. The van der Waals surface area contributed by atoms with Gasteiger partial charge in [-0.2, -0.15) is 0 Å². The van der Waals surface area contributed by atoms with Gasteiger partial charge in [0, 0.05) is 23.4 Å². The number of hydrogen-bond acceptors (Lipinski definition) is 4. The minimum Gasteiger partial charge on any atom is -0.369 e. The van der Waals surface area contributed by atoms with Crippen molar-refractivity contribution in [2.24, 2.45) is 5.41 Å². The topological polar surface area (TPSA) is 113 Å². The van der Waals surface area contributed by atoms with E-state index in [-0.39, 0.29) is 17.2 Å². The predicted molar refractivity (Wildman–Crippen MR) is 142 cm³/mol. The number of benzene rings is 3. The summed E-state index contributed by atoms with van der Waals surface area (Å²) in [6, 6.07) is 16.8. The maximum atomic E-state index is 13.3. The quantitative estimate of drug-likeness (QED) is 0.311. The van der Waals surface area contributed by atoms with E-state index in [9.17, 15) is 9.59 Å². The van der Waals surface area contributed by atoms with E-state index in [0.717, 1.165) is 33.3 Å². The highest BCUT2D eigenvalue weighted by molar-refractivity contribution is 6.09. The zero-order valence-corrected chi connectivity index (χ0v) is 20.7. The maximum absolute atomic E-state index is 13.3. The fourth-order valence-corrected chi connectivity index (χ4v) is 3.94. The number of carbonyl (C=O) groups is 2. The van der Waals surface area contributed by atoms with Crippen LogP contribution in [0, 0.1) is 19.3 Å². The number of rotatable bonds is 5. The molecular formula is C28H31N5O2. The number of nitrogens with two attached hydrogens (primary N) is 1. The number of amides is 2. The molecule has 0 bridgehead atoms. The summed E-state index contributed by atoms with van der Waals surface area (Å²) in [4.78, 5) is 33.1. The highest BCUT2D eigenvalue weighted by atomic mass is 16.2. The fourth-order valence-electron chi connectivity index (χ4n) is 3.94. The van der Waals surface area contributed by atoms with Crippen LogP contribution in [0.5, 0.6) is 0 Å². The Morgan fingerprint density at radius 1 is 0.943 bits per heavy atom. The summed E-state index contributed by atoms with van der Waals surface area (Å²) >= 11 is 0. The summed E-state index contributed by atoms with van der Waals surface area (Å²) in [6.07, 6.45) is 0. The third-order valence-electron chi connectivity index (χ3n) is 5.74. The van der Waals surface area contributed by atoms with Gasteiger partial charge >= 0.3 is 0 Å². The Balaban J connectivity index is 1.62. The van der Waals surface area contributed by atoms with Gasteiger partial charge in [0.05, 0.1) is 11.0 Å². The number of aryl methyl sites for hydroxylation is 2. The van der Waals surface area contributed by atoms with Crippen LogP contribution in [0.15, 0.2) is 54.6 Å². The zero-order valence-electron chi connectivity index (χ0n) is 20.7. The van der Waals surface area contributed by atoms with Crippen molar-refractivity contribution in [3.05, 3.63) is 76.9 Å². The number of nitrogen functional groups attached to an aromatic ring is 1. The van der Waals surface area contributed by atoms with Gasteiger partial charge in [0.2, 0.25) is 0 Å². The Bertz CT molecular complexity index is 1430. The molecule has 0 aliphatic rings. The van der Waals surface area contributed by atoms with Crippen LogP contribution in [-0.4, -0.2) is 28.3 Å². The van der Waals surface area contributed by atoms with E-state index < -0.39 is 0 Å². The average Bonchev–Trinajstić information content (AvgIpc) is 3.16. The van der Waals surface area contributed by atoms with Crippen LogP contribution in [-0.2, 0) is 0 Å². The number of anilines is 2. The number of nitrogens with zero attached hydrogens (tertiary/aromatic N) is 1. The van der Waals surface area contributed by atoms with Gasteiger partial charge in [-0.25, -0.2) is 4.98 Å². The molecule has 7 nitrogen and oxygen atoms in total. The van der Waals surface area contributed by atoms with Crippen LogP contribution in [0.3, 0.4) is 0 Å². The molecule has 1 aromatic heterocycles. The molecule has 2 amide bonds. The van der Waals surface area contributed by atoms with Crippen molar-refractivity contribution in [3.8, 4) is 11.1 Å². The molecule has 0 radical (unpaired) electrons. The third-order valence-corrected chi connectivity index (χ3v) is 5.74. The van der Waals surface area contributed by atoms with E-state index in [1.807, 2.05) is 56.3 Å². The van der Waals surface area contributed by atoms with Gasteiger partial charge in [-0.1, -0.05) is 44.5 Å². The summed E-state index contributed by atoms with van der Waals surface area (Å²) in [5.41, 5.74) is 12.6. The number of hydrogen-bond donors (Lipinski definition) is 4. The van der Waals surface area contributed by atoms with E-state index >= 15 is 0 Å². The van der Waals surface area contributed by atoms with Crippen molar-refractivity contribution < 1.29 is 9.59 Å². The molecule has 35 heavy (non-hydrogen) atoms. The van der Waals surface area contributed by atoms with Crippen LogP contribution in [0.4, 0.5) is 11.6 Å². The number of H-pyrrole nitrogens is 1. The lowest BCUT2D eigenvalue weighted by Gasteiger charge is -2.19. The van der Waals surface area contributed by atoms with Crippen molar-refractivity contribution >= 4 is 34.5 Å². The maximum Gasteiger partial charge on any atom is 0.256 e. The van der Waals surface area contributed by atoms with Gasteiger partial charge in [-0.05, 0) is 72.4 Å². The molecule has 0 fully saturated rings. The molecule has 0 saturated carbocycles. The van der Waals surface area contributed by atoms with Gasteiger partial charge < -0.3 is 21.4 Å². The lowest BCUT2D eigenvalue weighted by atomic mass is 9.92. The van der Waals surface area contributed by atoms with Gasteiger partial charge in [-0.15, -0.1) is 0 Å². The first kappa shape index (κ1) is 24.0. The monoisotopic (exact) mass is 469 g/mol. The predicted octanol–water partition coefficient (Wildman–Crippen LogP) is 5.46. The van der Waals surface area contributed by atoms with Crippen LogP contribution in [0.25, 0.3) is 22.2 Å². The Morgan fingerprint density at radius 3 is 2.40 bits per heavy atom. The SMILES string of the molecule is Cc1ccc(-c2ccc(C(=O)NCC(C)(C)C)cc2C)c(C(=O)Nc2ccc3nc(N)[nH]c3c2)c1. The number of aromatic amines is 1. The van der Waals surface area contributed by atoms with Crippen molar-refractivity contribution in [2.45, 2.75) is 34.6 Å². The largest absolute Gasteiger partial charge is 0.369 e. The highest BCUT2D eigenvalue weighted by Crippen LogP contribution is 2.30. The summed E-state index contributed by atoms with van der Waals surface area (Å²) in [5.74, 6) is 0.00340. The molecule has 5 N–H and O–H groups in total. The normalized spacial score (nSPS) is 11.5. The van der Waals surface area contributed by atoms with Crippen LogP contribution in [0.2, 0.25) is 0 Å². The molecule has 0 aliphatic carbocycles. The summed E-state index contributed by atoms with van der Waals surface area (Å²) in [5, 5.41) is 5.97. The molecule has 0 aliphatic heterocycles. The van der Waals surface area contributed by atoms with Crippen LogP contribution in [0.1, 0.15) is 52.6 Å². The smallest absolute Gasteiger partial charge is 0.256 e.